The number of thioether (sulfide) groups is 1. The summed E-state index contributed by atoms with van der Waals surface area (Å²) < 4.78 is 16.2. The molecule has 8 heteroatoms. The first-order valence-electron chi connectivity index (χ1n) is 11.2. The predicted molar refractivity (Wildman–Crippen MR) is 143 cm³/mol. The maximum absolute atomic E-state index is 13.3. The summed E-state index contributed by atoms with van der Waals surface area (Å²) in [6.07, 6.45) is 3.60. The average molecular weight is 563 g/mol. The van der Waals surface area contributed by atoms with Crippen molar-refractivity contribution in [3.8, 4) is 0 Å². The number of aromatic nitrogens is 1. The van der Waals surface area contributed by atoms with E-state index in [0.29, 0.717) is 12.1 Å². The lowest BCUT2D eigenvalue weighted by atomic mass is 10.1. The summed E-state index contributed by atoms with van der Waals surface area (Å²) in [5.74, 6) is -1.07. The van der Waals surface area contributed by atoms with Gasteiger partial charge in [0.25, 0.3) is 11.1 Å². The predicted octanol–water partition coefficient (Wildman–Crippen LogP) is 6.82. The van der Waals surface area contributed by atoms with Crippen molar-refractivity contribution in [2.75, 3.05) is 6.54 Å². The van der Waals surface area contributed by atoms with E-state index in [-0.39, 0.29) is 23.1 Å². The maximum Gasteiger partial charge on any atom is 0.293 e. The standard InChI is InChI=1S/C28H20BrFN2O3S/c1-17-2-6-19(7-3-17)25(33)16-32-27(34)26(36-28(32)35)12-20-15-31(14-18-4-9-22(30)10-5-18)24-11-8-21(29)13-23(20)24/h2-13,15H,14,16H2,1H3/b26-12-. The average Bonchev–Trinajstić information content (AvgIpc) is 3.32. The molecular formula is C28H20BrFN2O3S. The number of hydrogen-bond acceptors (Lipinski definition) is 4. The number of Topliss-reactive ketones (excluding diaryl/α,β-unsaturated/α-hetero) is 1. The van der Waals surface area contributed by atoms with E-state index in [1.807, 2.05) is 48.0 Å². The van der Waals surface area contributed by atoms with Crippen LogP contribution in [-0.4, -0.2) is 32.9 Å². The largest absolute Gasteiger partial charge is 0.342 e. The molecule has 0 spiro atoms. The van der Waals surface area contributed by atoms with Crippen molar-refractivity contribution < 1.29 is 18.8 Å². The summed E-state index contributed by atoms with van der Waals surface area (Å²) >= 11 is 4.33. The van der Waals surface area contributed by atoms with Crippen LogP contribution >= 0.6 is 27.7 Å². The Morgan fingerprint density at radius 3 is 2.47 bits per heavy atom. The van der Waals surface area contributed by atoms with Crippen LogP contribution in [0, 0.1) is 12.7 Å². The fourth-order valence-corrected chi connectivity index (χ4v) is 5.27. The molecule has 1 saturated heterocycles. The molecule has 3 aromatic carbocycles. The molecule has 4 aromatic rings. The van der Waals surface area contributed by atoms with E-state index in [0.717, 1.165) is 48.7 Å². The molecule has 5 nitrogen and oxygen atoms in total. The van der Waals surface area contributed by atoms with Crippen molar-refractivity contribution in [2.45, 2.75) is 13.5 Å². The smallest absolute Gasteiger partial charge is 0.293 e. The Morgan fingerprint density at radius 1 is 1.03 bits per heavy atom. The van der Waals surface area contributed by atoms with Gasteiger partial charge in [-0.2, -0.15) is 0 Å². The molecule has 180 valence electrons. The van der Waals surface area contributed by atoms with Crippen molar-refractivity contribution in [1.82, 2.24) is 9.47 Å². The first-order chi connectivity index (χ1) is 17.3. The van der Waals surface area contributed by atoms with Gasteiger partial charge in [-0.1, -0.05) is 57.9 Å². The van der Waals surface area contributed by atoms with Gasteiger partial charge < -0.3 is 4.57 Å². The number of halogens is 2. The Bertz CT molecular complexity index is 1540. The summed E-state index contributed by atoms with van der Waals surface area (Å²) in [5.41, 5.74) is 4.10. The zero-order chi connectivity index (χ0) is 25.4. The minimum atomic E-state index is -0.486. The van der Waals surface area contributed by atoms with Crippen LogP contribution in [0.5, 0.6) is 0 Å². The van der Waals surface area contributed by atoms with Gasteiger partial charge in [-0.15, -0.1) is 0 Å². The summed E-state index contributed by atoms with van der Waals surface area (Å²) in [6, 6.07) is 19.2. The second-order valence-electron chi connectivity index (χ2n) is 8.56. The van der Waals surface area contributed by atoms with Crippen LogP contribution in [0.3, 0.4) is 0 Å². The lowest BCUT2D eigenvalue weighted by Gasteiger charge is -2.11. The zero-order valence-corrected chi connectivity index (χ0v) is 21.6. The topological polar surface area (TPSA) is 59.4 Å². The zero-order valence-electron chi connectivity index (χ0n) is 19.2. The highest BCUT2D eigenvalue weighted by Crippen LogP contribution is 2.35. The number of ketones is 1. The lowest BCUT2D eigenvalue weighted by Crippen LogP contribution is -2.33. The first kappa shape index (κ1) is 24.2. The Balaban J connectivity index is 1.44. The molecule has 2 heterocycles. The third-order valence-electron chi connectivity index (χ3n) is 5.98. The van der Waals surface area contributed by atoms with Crippen molar-refractivity contribution >= 4 is 61.6 Å². The second kappa shape index (κ2) is 9.87. The van der Waals surface area contributed by atoms with Crippen LogP contribution in [0.1, 0.15) is 27.0 Å². The molecule has 0 atom stereocenters. The van der Waals surface area contributed by atoms with Crippen LogP contribution < -0.4 is 0 Å². The minimum absolute atomic E-state index is 0.262. The third-order valence-corrected chi connectivity index (χ3v) is 7.38. The van der Waals surface area contributed by atoms with Gasteiger partial charge in [-0.05, 0) is 60.7 Å². The number of hydrogen-bond donors (Lipinski definition) is 0. The van der Waals surface area contributed by atoms with Gasteiger partial charge in [0.2, 0.25) is 0 Å². The van der Waals surface area contributed by atoms with Gasteiger partial charge in [0.05, 0.1) is 11.4 Å². The minimum Gasteiger partial charge on any atom is -0.342 e. The number of aryl methyl sites for hydroxylation is 1. The van der Waals surface area contributed by atoms with Crippen molar-refractivity contribution in [2.24, 2.45) is 0 Å². The Labute approximate surface area is 219 Å². The molecule has 1 aliphatic rings. The molecule has 0 saturated carbocycles. The van der Waals surface area contributed by atoms with Crippen LogP contribution in [0.4, 0.5) is 9.18 Å². The molecule has 5 rings (SSSR count). The van der Waals surface area contributed by atoms with E-state index in [4.69, 9.17) is 0 Å². The van der Waals surface area contributed by atoms with E-state index in [2.05, 4.69) is 15.9 Å². The summed E-state index contributed by atoms with van der Waals surface area (Å²) in [6.45, 7) is 2.13. The van der Waals surface area contributed by atoms with E-state index in [1.54, 1.807) is 30.3 Å². The number of fused-ring (bicyclic) bond motifs is 1. The second-order valence-corrected chi connectivity index (χ2v) is 10.5. The van der Waals surface area contributed by atoms with Crippen molar-refractivity contribution in [3.05, 3.63) is 110 Å². The maximum atomic E-state index is 13.3. The van der Waals surface area contributed by atoms with Crippen LogP contribution in [0.2, 0.25) is 0 Å². The van der Waals surface area contributed by atoms with E-state index in [1.165, 1.54) is 12.1 Å². The van der Waals surface area contributed by atoms with Gasteiger partial charge in [0.1, 0.15) is 5.82 Å². The molecule has 1 aliphatic heterocycles. The number of rotatable bonds is 6. The Kier molecular flexibility index (Phi) is 6.64. The highest BCUT2D eigenvalue weighted by atomic mass is 79.9. The molecule has 36 heavy (non-hydrogen) atoms. The third kappa shape index (κ3) is 4.92. The number of carbonyl (C=O) groups excluding carboxylic acids is 3. The van der Waals surface area contributed by atoms with E-state index >= 15 is 0 Å². The molecule has 0 N–H and O–H groups in total. The first-order valence-corrected chi connectivity index (χ1v) is 12.8. The normalized spacial score (nSPS) is 14.9. The van der Waals surface area contributed by atoms with Gasteiger partial charge in [-0.3, -0.25) is 19.3 Å². The molecular weight excluding hydrogens is 543 g/mol. The quantitative estimate of drug-likeness (QED) is 0.191. The molecule has 1 aromatic heterocycles. The summed E-state index contributed by atoms with van der Waals surface area (Å²) in [5, 5.41) is 0.428. The van der Waals surface area contributed by atoms with Crippen LogP contribution in [-0.2, 0) is 11.3 Å². The molecule has 0 bridgehead atoms. The molecule has 0 unspecified atom stereocenters. The van der Waals surface area contributed by atoms with Gasteiger partial charge >= 0.3 is 0 Å². The number of benzene rings is 3. The number of imide groups is 1. The lowest BCUT2D eigenvalue weighted by molar-refractivity contribution is -0.122. The van der Waals surface area contributed by atoms with E-state index < -0.39 is 11.1 Å². The fourth-order valence-electron chi connectivity index (χ4n) is 4.08. The monoisotopic (exact) mass is 562 g/mol. The summed E-state index contributed by atoms with van der Waals surface area (Å²) in [7, 11) is 0. The van der Waals surface area contributed by atoms with E-state index in [9.17, 15) is 18.8 Å². The molecule has 2 amide bonds. The number of amides is 2. The Morgan fingerprint density at radius 2 is 1.75 bits per heavy atom. The van der Waals surface area contributed by atoms with Crippen LogP contribution in [0.15, 0.2) is 82.3 Å². The van der Waals surface area contributed by atoms with Gasteiger partial charge in [0, 0.05) is 39.2 Å². The van der Waals surface area contributed by atoms with Crippen molar-refractivity contribution in [3.63, 3.8) is 0 Å². The SMILES string of the molecule is Cc1ccc(C(=O)CN2C(=O)S/C(=C\c3cn(Cc4ccc(F)cc4)c4ccc(Br)cc34)C2=O)cc1. The highest BCUT2D eigenvalue weighted by molar-refractivity contribution is 9.10. The van der Waals surface area contributed by atoms with Gasteiger partial charge in [0.15, 0.2) is 5.78 Å². The van der Waals surface area contributed by atoms with Crippen LogP contribution in [0.25, 0.3) is 17.0 Å². The number of carbonyl (C=O) groups is 3. The molecule has 1 fully saturated rings. The van der Waals surface area contributed by atoms with Crippen molar-refractivity contribution in [1.29, 1.82) is 0 Å². The molecule has 0 aliphatic carbocycles. The highest BCUT2D eigenvalue weighted by Gasteiger charge is 2.36. The summed E-state index contributed by atoms with van der Waals surface area (Å²) in [4.78, 5) is 39.6. The fraction of sp³-hybridized carbons (Fsp3) is 0.107. The Hall–Kier alpha value is -3.49. The number of nitrogens with zero attached hydrogens (tertiary/aromatic N) is 2. The van der Waals surface area contributed by atoms with Gasteiger partial charge in [-0.25, -0.2) is 4.39 Å². The molecule has 0 radical (unpaired) electrons.